The zero-order valence-corrected chi connectivity index (χ0v) is 31.1. The summed E-state index contributed by atoms with van der Waals surface area (Å²) in [4.78, 5) is 40.5. The second-order valence-electron chi connectivity index (χ2n) is 12.5. The molecule has 3 aliphatic rings. The number of rotatable bonds is 10. The molecule has 50 heavy (non-hydrogen) atoms. The predicted molar refractivity (Wildman–Crippen MR) is 189 cm³/mol. The summed E-state index contributed by atoms with van der Waals surface area (Å²) >= 11 is 6.03. The van der Waals surface area contributed by atoms with Crippen LogP contribution in [0.15, 0.2) is 48.7 Å². The van der Waals surface area contributed by atoms with Crippen molar-refractivity contribution in [2.75, 3.05) is 38.8 Å². The van der Waals surface area contributed by atoms with E-state index in [2.05, 4.69) is 19.4 Å². The first kappa shape index (κ1) is 39.1. The molecule has 1 aliphatic carbocycles. The third-order valence-electron chi connectivity index (χ3n) is 9.93. The Morgan fingerprint density at radius 3 is 2.46 bits per heavy atom. The standard InChI is InChI=1S/C35H38ClN5O6.2CH3.Cr/c1-20(24-8-7-22(36)17-37-24)34(43)32-27(5-4-6-29(32)42)40-13-12-39(25-9-10-26(25)40)19-31-38-33-28(41(31)18-23-11-14-47-23)15-21(35(44)46-3)16-30(33)45-2;;;/h4-8,15-17,20,23,25-26,42H,9-14,18-19H2,1-3H3;2*1H3;/q;2*-1;+2. The molecule has 0 spiro atoms. The molecule has 11 nitrogen and oxygen atoms in total. The summed E-state index contributed by atoms with van der Waals surface area (Å²) in [6, 6.07) is 12.7. The minimum absolute atomic E-state index is 0. The maximum Gasteiger partial charge on any atom is 2.00 e. The number of pyridine rings is 1. The van der Waals surface area contributed by atoms with Crippen LogP contribution in [0.5, 0.6) is 11.5 Å². The van der Waals surface area contributed by atoms with Crippen LogP contribution in [0.3, 0.4) is 0 Å². The molecule has 2 aromatic heterocycles. The second kappa shape index (κ2) is 16.1. The van der Waals surface area contributed by atoms with Crippen LogP contribution in [0.4, 0.5) is 5.69 Å². The molecule has 0 amide bonds. The first-order valence-corrected chi connectivity index (χ1v) is 16.4. The number of halogens is 1. The number of piperazine rings is 1. The fraction of sp³-hybridized carbons (Fsp3) is 0.405. The smallest absolute Gasteiger partial charge is 0.507 e. The SMILES string of the molecule is COC(=O)c1cc(OC)c2nc(CN3CCN(c4cccc(O)c4C(=O)C(C)c4ccc(Cl)cn4)C4CCC43)n(CC3CCO3)c2c1.[CH3-].[CH3-].[Cr+2]. The van der Waals surface area contributed by atoms with E-state index in [1.807, 2.05) is 19.1 Å². The van der Waals surface area contributed by atoms with E-state index in [9.17, 15) is 14.7 Å². The number of aromatic hydroxyl groups is 1. The molecule has 0 bridgehead atoms. The summed E-state index contributed by atoms with van der Waals surface area (Å²) < 4.78 is 18.7. The summed E-state index contributed by atoms with van der Waals surface area (Å²) in [6.45, 7) is 5.21. The zero-order valence-electron chi connectivity index (χ0n) is 29.1. The Bertz CT molecular complexity index is 1830. The number of carbonyl (C=O) groups is 2. The van der Waals surface area contributed by atoms with Gasteiger partial charge in [-0.25, -0.2) is 9.78 Å². The molecular formula is C37H44ClCrN5O6. The second-order valence-corrected chi connectivity index (χ2v) is 12.9. The van der Waals surface area contributed by atoms with E-state index in [1.165, 1.54) is 13.3 Å². The average Bonchev–Trinajstić information content (AvgIpc) is 3.38. The van der Waals surface area contributed by atoms with Gasteiger partial charge in [-0.2, -0.15) is 0 Å². The monoisotopic (exact) mass is 741 g/mol. The Morgan fingerprint density at radius 1 is 1.08 bits per heavy atom. The van der Waals surface area contributed by atoms with Crippen LogP contribution in [-0.2, 0) is 39.9 Å². The molecule has 266 valence electrons. The van der Waals surface area contributed by atoms with Crippen LogP contribution in [0.1, 0.15) is 64.3 Å². The summed E-state index contributed by atoms with van der Waals surface area (Å²) in [5.74, 6) is 0.205. The molecule has 4 unspecified atom stereocenters. The number of imidazole rings is 1. The van der Waals surface area contributed by atoms with Gasteiger partial charge in [0.2, 0.25) is 0 Å². The minimum atomic E-state index is -0.554. The number of nitrogens with zero attached hydrogens (tertiary/aromatic N) is 5. The number of anilines is 1. The Kier molecular flexibility index (Phi) is 12.6. The molecule has 2 saturated heterocycles. The molecule has 4 heterocycles. The molecule has 2 aromatic carbocycles. The van der Waals surface area contributed by atoms with E-state index < -0.39 is 11.9 Å². The summed E-state index contributed by atoms with van der Waals surface area (Å²) in [6.07, 6.45) is 4.57. The molecular weight excluding hydrogens is 698 g/mol. The van der Waals surface area contributed by atoms with Crippen molar-refractivity contribution in [1.29, 1.82) is 0 Å². The molecule has 0 radical (unpaired) electrons. The number of carbonyl (C=O) groups excluding carboxylic acids is 2. The number of fused-ring (bicyclic) bond motifs is 2. The average molecular weight is 742 g/mol. The first-order valence-electron chi connectivity index (χ1n) is 16.0. The maximum atomic E-state index is 13.9. The van der Waals surface area contributed by atoms with Gasteiger partial charge in [0.15, 0.2) is 5.78 Å². The summed E-state index contributed by atoms with van der Waals surface area (Å²) in [5, 5.41) is 11.5. The quantitative estimate of drug-likeness (QED) is 0.116. The number of aromatic nitrogens is 3. The van der Waals surface area contributed by atoms with Gasteiger partial charge < -0.3 is 43.6 Å². The maximum absolute atomic E-state index is 13.9. The zero-order chi connectivity index (χ0) is 32.8. The van der Waals surface area contributed by atoms with Gasteiger partial charge in [-0.05, 0) is 62.6 Å². The Hall–Kier alpha value is -3.66. The van der Waals surface area contributed by atoms with Crippen LogP contribution in [0.25, 0.3) is 11.0 Å². The molecule has 7 rings (SSSR count). The number of benzene rings is 2. The minimum Gasteiger partial charge on any atom is -0.507 e. The van der Waals surface area contributed by atoms with Gasteiger partial charge in [0.25, 0.3) is 0 Å². The normalized spacial score (nSPS) is 20.2. The molecule has 1 saturated carbocycles. The topological polar surface area (TPSA) is 119 Å². The number of esters is 1. The third kappa shape index (κ3) is 7.10. The number of ketones is 1. The van der Waals surface area contributed by atoms with Gasteiger partial charge in [0.1, 0.15) is 22.8 Å². The summed E-state index contributed by atoms with van der Waals surface area (Å²) in [7, 11) is 2.95. The third-order valence-corrected chi connectivity index (χ3v) is 10.2. The largest absolute Gasteiger partial charge is 2.00 e. The number of hydrogen-bond donors (Lipinski definition) is 1. The van der Waals surface area contributed by atoms with Crippen LogP contribution in [0, 0.1) is 14.9 Å². The summed E-state index contributed by atoms with van der Waals surface area (Å²) in [5.41, 5.74) is 3.60. The van der Waals surface area contributed by atoms with Crippen molar-refractivity contribution in [3.63, 3.8) is 0 Å². The van der Waals surface area contributed by atoms with Gasteiger partial charge in [0.05, 0.1) is 72.4 Å². The number of phenolic OH excluding ortho intramolecular Hbond substituents is 1. The van der Waals surface area contributed by atoms with E-state index in [-0.39, 0.29) is 61.9 Å². The van der Waals surface area contributed by atoms with E-state index in [0.717, 1.165) is 49.4 Å². The van der Waals surface area contributed by atoms with Gasteiger partial charge >= 0.3 is 23.3 Å². The van der Waals surface area contributed by atoms with Gasteiger partial charge in [-0.15, -0.1) is 0 Å². The van der Waals surface area contributed by atoms with Crippen molar-refractivity contribution in [1.82, 2.24) is 19.4 Å². The van der Waals surface area contributed by atoms with Crippen LogP contribution in [0.2, 0.25) is 5.02 Å². The Balaban J connectivity index is 0.00000187. The number of phenols is 1. The number of ether oxygens (including phenoxy) is 3. The van der Waals surface area contributed by atoms with Gasteiger partial charge in [-0.1, -0.05) is 17.7 Å². The fourth-order valence-electron chi connectivity index (χ4n) is 7.10. The van der Waals surface area contributed by atoms with Crippen LogP contribution in [-0.4, -0.2) is 88.4 Å². The van der Waals surface area contributed by atoms with Gasteiger partial charge in [0, 0.05) is 38.0 Å². The molecule has 13 heteroatoms. The van der Waals surface area contributed by atoms with Crippen molar-refractivity contribution in [3.8, 4) is 11.5 Å². The molecule has 4 atom stereocenters. The number of methoxy groups -OCH3 is 2. The molecule has 4 aromatic rings. The van der Waals surface area contributed by atoms with Crippen LogP contribution < -0.4 is 9.64 Å². The van der Waals surface area contributed by atoms with Crippen LogP contribution >= 0.6 is 11.6 Å². The van der Waals surface area contributed by atoms with Crippen molar-refractivity contribution in [2.24, 2.45) is 0 Å². The predicted octanol–water partition coefficient (Wildman–Crippen LogP) is 6.11. The fourth-order valence-corrected chi connectivity index (χ4v) is 7.21. The Labute approximate surface area is 309 Å². The molecule has 2 aliphatic heterocycles. The van der Waals surface area contributed by atoms with Crippen molar-refractivity contribution in [3.05, 3.63) is 91.2 Å². The van der Waals surface area contributed by atoms with E-state index in [0.29, 0.717) is 52.7 Å². The Morgan fingerprint density at radius 2 is 1.84 bits per heavy atom. The molecule has 3 fully saturated rings. The molecule has 1 N–H and O–H groups in total. The number of hydrogen-bond acceptors (Lipinski definition) is 10. The first-order chi connectivity index (χ1) is 22.8. The van der Waals surface area contributed by atoms with Crippen molar-refractivity contribution in [2.45, 2.75) is 63.4 Å². The van der Waals surface area contributed by atoms with Crippen molar-refractivity contribution >= 4 is 40.1 Å². The van der Waals surface area contributed by atoms with E-state index in [4.69, 9.17) is 30.8 Å². The van der Waals surface area contributed by atoms with E-state index >= 15 is 0 Å². The number of Topliss-reactive ketones (excluding diaryl/α,β-unsaturated/α-hetero) is 1. The van der Waals surface area contributed by atoms with Crippen molar-refractivity contribution < 1.29 is 46.3 Å². The van der Waals surface area contributed by atoms with Gasteiger partial charge in [-0.3, -0.25) is 14.7 Å². The van der Waals surface area contributed by atoms with E-state index in [1.54, 1.807) is 37.4 Å².